The van der Waals surface area contributed by atoms with Crippen LogP contribution in [-0.4, -0.2) is 43.8 Å². The number of carbonyl (C=O) groups is 2. The second-order valence-corrected chi connectivity index (χ2v) is 10.7. The Kier molecular flexibility index (Phi) is 7.59. The van der Waals surface area contributed by atoms with Gasteiger partial charge in [0.2, 0.25) is 10.0 Å². The number of esters is 1. The molecule has 2 aromatic carbocycles. The van der Waals surface area contributed by atoms with Gasteiger partial charge in [-0.25, -0.2) is 13.2 Å². The number of piperidine rings is 1. The molecule has 7 nitrogen and oxygen atoms in total. The van der Waals surface area contributed by atoms with Crippen molar-refractivity contribution in [2.45, 2.75) is 64.9 Å². The number of amides is 1. The minimum absolute atomic E-state index is 0.0959. The second kappa shape index (κ2) is 10.1. The molecule has 0 radical (unpaired) electrons. The minimum Gasteiger partial charge on any atom is -0.449 e. The van der Waals surface area contributed by atoms with E-state index in [4.69, 9.17) is 4.74 Å². The van der Waals surface area contributed by atoms with Crippen molar-refractivity contribution in [1.82, 2.24) is 4.31 Å². The van der Waals surface area contributed by atoms with Crippen molar-refractivity contribution in [3.63, 3.8) is 0 Å². The number of rotatable bonds is 6. The number of hydrogen-bond acceptors (Lipinski definition) is 5. The summed E-state index contributed by atoms with van der Waals surface area (Å²) in [6.45, 7) is 9.94. The molecule has 0 aliphatic carbocycles. The Labute approximate surface area is 196 Å². The van der Waals surface area contributed by atoms with Gasteiger partial charge in [0.1, 0.15) is 0 Å². The fourth-order valence-corrected chi connectivity index (χ4v) is 5.90. The number of aryl methyl sites for hydroxylation is 4. The molecule has 0 saturated carbocycles. The molecular weight excluding hydrogens is 440 g/mol. The maximum atomic E-state index is 13.1. The number of benzene rings is 2. The zero-order chi connectivity index (χ0) is 24.3. The van der Waals surface area contributed by atoms with E-state index in [1.807, 2.05) is 32.9 Å². The van der Waals surface area contributed by atoms with Gasteiger partial charge in [0.25, 0.3) is 5.91 Å². The average molecular weight is 473 g/mol. The van der Waals surface area contributed by atoms with Crippen LogP contribution in [0.2, 0.25) is 0 Å². The third-order valence-corrected chi connectivity index (χ3v) is 7.98. The molecule has 0 spiro atoms. The van der Waals surface area contributed by atoms with Crippen LogP contribution in [0, 0.1) is 27.7 Å². The molecule has 1 aliphatic heterocycles. The minimum atomic E-state index is -3.70. The van der Waals surface area contributed by atoms with Gasteiger partial charge in [-0.2, -0.15) is 4.31 Å². The fraction of sp³-hybridized carbons (Fsp3) is 0.440. The molecule has 1 amide bonds. The summed E-state index contributed by atoms with van der Waals surface area (Å²) in [7, 11) is -3.70. The van der Waals surface area contributed by atoms with Gasteiger partial charge in [0.05, 0.1) is 10.5 Å². The summed E-state index contributed by atoms with van der Waals surface area (Å²) in [5.74, 6) is -1.20. The molecule has 0 aromatic heterocycles. The fourth-order valence-electron chi connectivity index (χ4n) is 4.13. The Bertz CT molecular complexity index is 1140. The Morgan fingerprint density at radius 3 is 2.15 bits per heavy atom. The van der Waals surface area contributed by atoms with Gasteiger partial charge < -0.3 is 10.1 Å². The molecule has 1 aliphatic rings. The van der Waals surface area contributed by atoms with Crippen LogP contribution in [0.3, 0.4) is 0 Å². The van der Waals surface area contributed by atoms with E-state index in [0.29, 0.717) is 24.3 Å². The lowest BCUT2D eigenvalue weighted by atomic mass is 10.0. The second-order valence-electron chi connectivity index (χ2n) is 8.76. The van der Waals surface area contributed by atoms with E-state index in [0.717, 1.165) is 36.0 Å². The Hall–Kier alpha value is -2.71. The van der Waals surface area contributed by atoms with Gasteiger partial charge in [0, 0.05) is 18.8 Å². The van der Waals surface area contributed by atoms with E-state index in [-0.39, 0.29) is 10.5 Å². The van der Waals surface area contributed by atoms with E-state index in [1.54, 1.807) is 13.0 Å². The number of anilines is 1. The third-order valence-electron chi connectivity index (χ3n) is 5.93. The SMILES string of the molecule is Cc1cc(C)c(NC(=O)[C@@H](C)OC(=O)c2ccc(C)c(S(=O)(=O)N3CCCCC3)c2)c(C)c1. The Morgan fingerprint density at radius 2 is 1.55 bits per heavy atom. The molecule has 3 rings (SSSR count). The number of ether oxygens (including phenoxy) is 1. The Morgan fingerprint density at radius 1 is 0.939 bits per heavy atom. The lowest BCUT2D eigenvalue weighted by Crippen LogP contribution is -2.36. The first-order valence-electron chi connectivity index (χ1n) is 11.2. The lowest BCUT2D eigenvalue weighted by Gasteiger charge is -2.26. The molecule has 8 heteroatoms. The van der Waals surface area contributed by atoms with Gasteiger partial charge in [-0.15, -0.1) is 0 Å². The van der Waals surface area contributed by atoms with Crippen LogP contribution in [-0.2, 0) is 19.6 Å². The molecule has 178 valence electrons. The molecule has 1 N–H and O–H groups in total. The van der Waals surface area contributed by atoms with Crippen LogP contribution in [0.5, 0.6) is 0 Å². The molecule has 0 unspecified atom stereocenters. The van der Waals surface area contributed by atoms with Gasteiger partial charge in [0.15, 0.2) is 6.10 Å². The van der Waals surface area contributed by atoms with E-state index in [9.17, 15) is 18.0 Å². The van der Waals surface area contributed by atoms with E-state index < -0.39 is 28.0 Å². The molecule has 1 atom stereocenters. The monoisotopic (exact) mass is 472 g/mol. The lowest BCUT2D eigenvalue weighted by molar-refractivity contribution is -0.123. The van der Waals surface area contributed by atoms with Gasteiger partial charge in [-0.05, 0) is 76.3 Å². The van der Waals surface area contributed by atoms with Crippen LogP contribution in [0.4, 0.5) is 5.69 Å². The molecule has 1 heterocycles. The van der Waals surface area contributed by atoms with Crippen molar-refractivity contribution in [3.8, 4) is 0 Å². The highest BCUT2D eigenvalue weighted by atomic mass is 32.2. The number of carbonyl (C=O) groups excluding carboxylic acids is 2. The summed E-state index contributed by atoms with van der Waals surface area (Å²) in [6.07, 6.45) is 1.61. The molecule has 0 bridgehead atoms. The first-order chi connectivity index (χ1) is 15.5. The van der Waals surface area contributed by atoms with Crippen LogP contribution in [0.1, 0.15) is 58.8 Å². The highest BCUT2D eigenvalue weighted by Gasteiger charge is 2.29. The average Bonchev–Trinajstić information content (AvgIpc) is 2.76. The zero-order valence-electron chi connectivity index (χ0n) is 19.9. The maximum Gasteiger partial charge on any atom is 0.338 e. The molecule has 1 fully saturated rings. The predicted molar refractivity (Wildman–Crippen MR) is 128 cm³/mol. The quantitative estimate of drug-likeness (QED) is 0.634. The van der Waals surface area contributed by atoms with Crippen LogP contribution < -0.4 is 5.32 Å². The van der Waals surface area contributed by atoms with Crippen LogP contribution >= 0.6 is 0 Å². The Balaban J connectivity index is 1.75. The van der Waals surface area contributed by atoms with Gasteiger partial charge in [-0.1, -0.05) is 30.2 Å². The first-order valence-corrected chi connectivity index (χ1v) is 12.6. The van der Waals surface area contributed by atoms with Crippen LogP contribution in [0.15, 0.2) is 35.2 Å². The summed E-state index contributed by atoms with van der Waals surface area (Å²) < 4.78 is 33.1. The topological polar surface area (TPSA) is 92.8 Å². The van der Waals surface area contributed by atoms with Crippen molar-refractivity contribution in [2.75, 3.05) is 18.4 Å². The number of sulfonamides is 1. The van der Waals surface area contributed by atoms with Gasteiger partial charge in [-0.3, -0.25) is 4.79 Å². The van der Waals surface area contributed by atoms with Crippen molar-refractivity contribution < 1.29 is 22.7 Å². The van der Waals surface area contributed by atoms with E-state index in [1.165, 1.54) is 23.4 Å². The predicted octanol–water partition coefficient (Wildman–Crippen LogP) is 4.28. The van der Waals surface area contributed by atoms with Crippen molar-refractivity contribution >= 4 is 27.6 Å². The van der Waals surface area contributed by atoms with E-state index in [2.05, 4.69) is 5.32 Å². The summed E-state index contributed by atoms with van der Waals surface area (Å²) in [6, 6.07) is 8.40. The van der Waals surface area contributed by atoms with E-state index >= 15 is 0 Å². The molecule has 1 saturated heterocycles. The summed E-state index contributed by atoms with van der Waals surface area (Å²) in [5.41, 5.74) is 4.29. The first kappa shape index (κ1) is 24.9. The molecular formula is C25H32N2O5S. The van der Waals surface area contributed by atoms with Crippen molar-refractivity contribution in [3.05, 3.63) is 58.1 Å². The van der Waals surface area contributed by atoms with Crippen molar-refractivity contribution in [1.29, 1.82) is 0 Å². The summed E-state index contributed by atoms with van der Waals surface area (Å²) >= 11 is 0. The third kappa shape index (κ3) is 5.62. The molecule has 33 heavy (non-hydrogen) atoms. The standard InChI is InChI=1S/C25H32N2O5S/c1-16-13-18(3)23(19(4)14-16)26-24(28)20(5)32-25(29)21-10-9-17(2)22(15-21)33(30,31)27-11-7-6-8-12-27/h9-10,13-15,20H,6-8,11-12H2,1-5H3,(H,26,28)/t20-/m1/s1. The number of nitrogens with one attached hydrogen (secondary N) is 1. The molecule has 2 aromatic rings. The smallest absolute Gasteiger partial charge is 0.338 e. The number of hydrogen-bond donors (Lipinski definition) is 1. The number of nitrogens with zero attached hydrogens (tertiary/aromatic N) is 1. The normalized spacial score (nSPS) is 15.7. The largest absolute Gasteiger partial charge is 0.449 e. The van der Waals surface area contributed by atoms with Crippen molar-refractivity contribution in [2.24, 2.45) is 0 Å². The maximum absolute atomic E-state index is 13.1. The van der Waals surface area contributed by atoms with Gasteiger partial charge >= 0.3 is 5.97 Å². The highest BCUT2D eigenvalue weighted by molar-refractivity contribution is 7.89. The zero-order valence-corrected chi connectivity index (χ0v) is 20.7. The summed E-state index contributed by atoms with van der Waals surface area (Å²) in [5, 5.41) is 2.83. The van der Waals surface area contributed by atoms with Crippen LogP contribution in [0.25, 0.3) is 0 Å². The highest BCUT2D eigenvalue weighted by Crippen LogP contribution is 2.25. The summed E-state index contributed by atoms with van der Waals surface area (Å²) in [4.78, 5) is 25.5.